The Morgan fingerprint density at radius 2 is 1.00 bits per heavy atom. The van der Waals surface area contributed by atoms with Crippen molar-refractivity contribution in [1.29, 1.82) is 0 Å². The van der Waals surface area contributed by atoms with E-state index in [4.69, 9.17) is 0 Å². The zero-order chi connectivity index (χ0) is 9.66. The van der Waals surface area contributed by atoms with Crippen LogP contribution in [0.15, 0.2) is 0 Å². The summed E-state index contributed by atoms with van der Waals surface area (Å²) in [7, 11) is 0. The fourth-order valence-electron chi connectivity index (χ4n) is 0.854. The summed E-state index contributed by atoms with van der Waals surface area (Å²) in [6.07, 6.45) is 10.1. The molecule has 1 heteroatoms. The van der Waals surface area contributed by atoms with Crippen molar-refractivity contribution in [3.05, 3.63) is 13.8 Å². The van der Waals surface area contributed by atoms with Crippen LogP contribution in [0.1, 0.15) is 65.2 Å². The smallest absolute Gasteiger partial charge is 0.343 e. The standard InChI is InChI=1S/2C6H13.Mg/c2*1-3-5-6-4-2;/h2*1,3-6H2,2H3;/q2*-1;+2. The minimum absolute atomic E-state index is 0. The first-order valence-electron chi connectivity index (χ1n) is 5.41. The molecule has 0 aromatic carbocycles. The van der Waals surface area contributed by atoms with Crippen molar-refractivity contribution in [2.75, 3.05) is 0 Å². The molecule has 0 fully saturated rings. The van der Waals surface area contributed by atoms with Crippen LogP contribution in [-0.4, -0.2) is 23.1 Å². The van der Waals surface area contributed by atoms with Gasteiger partial charge in [-0.2, -0.15) is 12.8 Å². The van der Waals surface area contributed by atoms with Crippen LogP contribution < -0.4 is 0 Å². The second kappa shape index (κ2) is 23.0. The number of hydrogen-bond donors (Lipinski definition) is 0. The van der Waals surface area contributed by atoms with Gasteiger partial charge in [-0.1, -0.05) is 52.4 Å². The van der Waals surface area contributed by atoms with Gasteiger partial charge in [-0.05, 0) is 0 Å². The average molecular weight is 195 g/mol. The van der Waals surface area contributed by atoms with Crippen molar-refractivity contribution >= 4 is 23.1 Å². The van der Waals surface area contributed by atoms with Gasteiger partial charge in [0.1, 0.15) is 0 Å². The molecule has 0 rings (SSSR count). The summed E-state index contributed by atoms with van der Waals surface area (Å²) < 4.78 is 0. The van der Waals surface area contributed by atoms with E-state index >= 15 is 0 Å². The molecule has 0 N–H and O–H groups in total. The molecule has 0 amide bonds. The summed E-state index contributed by atoms with van der Waals surface area (Å²) >= 11 is 0. The Labute approximate surface area is 102 Å². The molecule has 0 saturated heterocycles. The van der Waals surface area contributed by atoms with Crippen molar-refractivity contribution in [1.82, 2.24) is 0 Å². The van der Waals surface area contributed by atoms with E-state index in [0.717, 1.165) is 12.8 Å². The van der Waals surface area contributed by atoms with Crippen LogP contribution in [0.3, 0.4) is 0 Å². The Morgan fingerprint density at radius 3 is 1.08 bits per heavy atom. The Kier molecular flexibility index (Phi) is 34.2. The quantitative estimate of drug-likeness (QED) is 0.334. The predicted molar refractivity (Wildman–Crippen MR) is 64.8 cm³/mol. The molecule has 0 saturated carbocycles. The van der Waals surface area contributed by atoms with Gasteiger partial charge in [-0.3, -0.25) is 0 Å². The van der Waals surface area contributed by atoms with Gasteiger partial charge in [0.2, 0.25) is 0 Å². The predicted octanol–water partition coefficient (Wildman–Crippen LogP) is 4.42. The third kappa shape index (κ3) is 32.3. The van der Waals surface area contributed by atoms with Crippen LogP contribution in [-0.2, 0) is 0 Å². The zero-order valence-electron chi connectivity index (χ0n) is 9.78. The molecular formula is C12H26Mg. The number of rotatable bonds is 6. The first-order chi connectivity index (χ1) is 5.83. The van der Waals surface area contributed by atoms with E-state index in [1.165, 1.54) is 38.5 Å². The summed E-state index contributed by atoms with van der Waals surface area (Å²) in [5.74, 6) is 0. The second-order valence-corrected chi connectivity index (χ2v) is 3.12. The molecule has 0 bridgehead atoms. The van der Waals surface area contributed by atoms with E-state index in [-0.39, 0.29) is 23.1 Å². The molecule has 0 unspecified atom stereocenters. The van der Waals surface area contributed by atoms with Crippen molar-refractivity contribution in [2.24, 2.45) is 0 Å². The third-order valence-corrected chi connectivity index (χ3v) is 1.71. The van der Waals surface area contributed by atoms with E-state index < -0.39 is 0 Å². The maximum Gasteiger partial charge on any atom is 2.00 e. The van der Waals surface area contributed by atoms with Gasteiger partial charge in [0.05, 0.1) is 0 Å². The van der Waals surface area contributed by atoms with Crippen molar-refractivity contribution in [3.8, 4) is 0 Å². The zero-order valence-corrected chi connectivity index (χ0v) is 11.2. The maximum atomic E-state index is 3.72. The minimum Gasteiger partial charge on any atom is -0.343 e. The second-order valence-electron chi connectivity index (χ2n) is 3.12. The Hall–Kier alpha value is 0.766. The SMILES string of the molecule is [CH2-]CCCCC.[CH2-]CCCCC.[Mg+2]. The van der Waals surface area contributed by atoms with E-state index in [1.54, 1.807) is 0 Å². The fourth-order valence-corrected chi connectivity index (χ4v) is 0.854. The van der Waals surface area contributed by atoms with Gasteiger partial charge in [0, 0.05) is 0 Å². The van der Waals surface area contributed by atoms with Crippen molar-refractivity contribution in [2.45, 2.75) is 65.2 Å². The van der Waals surface area contributed by atoms with E-state index in [1.807, 2.05) is 0 Å². The summed E-state index contributed by atoms with van der Waals surface area (Å²) in [6, 6.07) is 0. The minimum atomic E-state index is 0. The Morgan fingerprint density at radius 1 is 0.692 bits per heavy atom. The van der Waals surface area contributed by atoms with Crippen LogP contribution in [0.25, 0.3) is 0 Å². The Balaban J connectivity index is -0.000000143. The third-order valence-electron chi connectivity index (χ3n) is 1.71. The molecule has 0 spiro atoms. The van der Waals surface area contributed by atoms with E-state index in [9.17, 15) is 0 Å². The van der Waals surface area contributed by atoms with Gasteiger partial charge >= 0.3 is 23.1 Å². The van der Waals surface area contributed by atoms with E-state index in [0.29, 0.717) is 0 Å². The summed E-state index contributed by atoms with van der Waals surface area (Å²) in [4.78, 5) is 0. The maximum absolute atomic E-state index is 3.72. The summed E-state index contributed by atoms with van der Waals surface area (Å²) in [5.41, 5.74) is 0. The first-order valence-corrected chi connectivity index (χ1v) is 5.41. The normalized spacial score (nSPS) is 8.31. The number of unbranched alkanes of at least 4 members (excludes halogenated alkanes) is 6. The van der Waals surface area contributed by atoms with Crippen LogP contribution in [0, 0.1) is 13.8 Å². The molecule has 0 nitrogen and oxygen atoms in total. The van der Waals surface area contributed by atoms with Gasteiger partial charge < -0.3 is 13.8 Å². The van der Waals surface area contributed by atoms with Gasteiger partial charge in [-0.25, -0.2) is 0 Å². The molecule has 0 aliphatic carbocycles. The molecule has 0 atom stereocenters. The topological polar surface area (TPSA) is 0 Å². The molecule has 0 radical (unpaired) electrons. The molecule has 0 aromatic heterocycles. The first kappa shape index (κ1) is 19.4. The molecule has 0 aliphatic rings. The molecule has 13 heavy (non-hydrogen) atoms. The van der Waals surface area contributed by atoms with Crippen LogP contribution in [0.5, 0.6) is 0 Å². The molecular weight excluding hydrogens is 168 g/mol. The molecule has 76 valence electrons. The van der Waals surface area contributed by atoms with Crippen LogP contribution >= 0.6 is 0 Å². The summed E-state index contributed by atoms with van der Waals surface area (Å²) in [5, 5.41) is 0. The molecule has 0 aliphatic heterocycles. The van der Waals surface area contributed by atoms with Crippen LogP contribution in [0.2, 0.25) is 0 Å². The van der Waals surface area contributed by atoms with Crippen molar-refractivity contribution < 1.29 is 0 Å². The van der Waals surface area contributed by atoms with Gasteiger partial charge in [0.25, 0.3) is 0 Å². The molecule has 0 aromatic rings. The Bertz CT molecular complexity index is 37.1. The van der Waals surface area contributed by atoms with E-state index in [2.05, 4.69) is 27.7 Å². The van der Waals surface area contributed by atoms with Crippen LogP contribution in [0.4, 0.5) is 0 Å². The van der Waals surface area contributed by atoms with Crippen molar-refractivity contribution in [3.63, 3.8) is 0 Å². The summed E-state index contributed by atoms with van der Waals surface area (Å²) in [6.45, 7) is 11.9. The largest absolute Gasteiger partial charge is 2.00 e. The fraction of sp³-hybridized carbons (Fsp3) is 0.833. The monoisotopic (exact) mass is 194 g/mol. The van der Waals surface area contributed by atoms with Gasteiger partial charge in [0.15, 0.2) is 0 Å². The number of hydrogen-bond acceptors (Lipinski definition) is 0. The van der Waals surface area contributed by atoms with Gasteiger partial charge in [-0.15, -0.1) is 0 Å². The average Bonchev–Trinajstić information content (AvgIpc) is 2.12. The molecule has 0 heterocycles.